The van der Waals surface area contributed by atoms with Gasteiger partial charge in [0, 0.05) is 13.1 Å². The molecule has 10 heteroatoms. The number of carbonyl (C=O) groups excluding carboxylic acids is 2. The highest BCUT2D eigenvalue weighted by atomic mass is 16.5. The van der Waals surface area contributed by atoms with Gasteiger partial charge in [0.1, 0.15) is 23.0 Å². The van der Waals surface area contributed by atoms with Crippen LogP contribution < -0.4 is 9.47 Å². The smallest absolute Gasteiger partial charge is 0.308 e. The lowest BCUT2D eigenvalue weighted by Gasteiger charge is -2.50. The van der Waals surface area contributed by atoms with Gasteiger partial charge in [-0.1, -0.05) is 147 Å². The lowest BCUT2D eigenvalue weighted by atomic mass is 9.55. The zero-order chi connectivity index (χ0) is 45.6. The van der Waals surface area contributed by atoms with Crippen LogP contribution >= 0.6 is 0 Å². The zero-order valence-electron chi connectivity index (χ0n) is 36.7. The molecule has 6 aromatic rings. The molecular weight excluding hydrogens is 829 g/mol. The van der Waals surface area contributed by atoms with Gasteiger partial charge in [-0.15, -0.1) is 0 Å². The number of ether oxygens (including phenoxy) is 2. The summed E-state index contributed by atoms with van der Waals surface area (Å²) in [5.41, 5.74) is 3.33. The highest BCUT2D eigenvalue weighted by molar-refractivity contribution is 6.00. The van der Waals surface area contributed by atoms with Crippen LogP contribution in [0.1, 0.15) is 72.9 Å². The summed E-state index contributed by atoms with van der Waals surface area (Å²) in [6.45, 7) is 0.210. The first-order valence-corrected chi connectivity index (χ1v) is 23.0. The molecule has 66 heavy (non-hydrogen) atoms. The third-order valence-corrected chi connectivity index (χ3v) is 13.4. The zero-order valence-corrected chi connectivity index (χ0v) is 36.7. The van der Waals surface area contributed by atoms with E-state index < -0.39 is 59.5 Å². The predicted octanol–water partition coefficient (Wildman–Crippen LogP) is 11.4. The van der Waals surface area contributed by atoms with E-state index in [9.17, 15) is 19.8 Å². The lowest BCUT2D eigenvalue weighted by Crippen LogP contribution is -2.64. The normalized spacial score (nSPS) is 19.6. The largest absolute Gasteiger partial charge is 0.481 e. The summed E-state index contributed by atoms with van der Waals surface area (Å²) in [4.78, 5) is 61.5. The van der Waals surface area contributed by atoms with Gasteiger partial charge >= 0.3 is 11.9 Å². The molecule has 3 aliphatic carbocycles. The van der Waals surface area contributed by atoms with Crippen molar-refractivity contribution in [3.8, 4) is 23.0 Å². The van der Waals surface area contributed by atoms with Crippen LogP contribution in [0, 0.1) is 35.5 Å². The highest BCUT2D eigenvalue weighted by Gasteiger charge is 2.65. The molecule has 0 heterocycles. The van der Waals surface area contributed by atoms with Crippen molar-refractivity contribution in [1.29, 1.82) is 0 Å². The lowest BCUT2D eigenvalue weighted by molar-refractivity contribution is -0.189. The van der Waals surface area contributed by atoms with Gasteiger partial charge in [-0.2, -0.15) is 0 Å². The van der Waals surface area contributed by atoms with Crippen LogP contribution in [-0.4, -0.2) is 43.8 Å². The minimum Gasteiger partial charge on any atom is -0.481 e. The van der Waals surface area contributed by atoms with Crippen molar-refractivity contribution in [1.82, 2.24) is 9.80 Å². The van der Waals surface area contributed by atoms with E-state index >= 15 is 9.59 Å². The number of benzene rings is 6. The van der Waals surface area contributed by atoms with Crippen LogP contribution in [0.4, 0.5) is 0 Å². The number of carbonyl (C=O) groups is 4. The molecule has 0 aliphatic heterocycles. The topological polar surface area (TPSA) is 134 Å². The molecule has 3 saturated carbocycles. The van der Waals surface area contributed by atoms with E-state index in [1.54, 1.807) is 9.80 Å². The standard InChI is InChI=1S/C56H54N2O8/c59-53(57(47(33-37-21-22-37)41-13-5-1-6-14-41)35-39-25-29-45(30-26-39)65-43-17-9-3-10-18-43)49-50(52(56(63)64)51(49)55(61)62)54(60)58(48(34-38-23-24-38)42-15-7-2-8-16-42)36-40-27-31-46(32-28-40)66-44-19-11-4-12-20-44/h1-20,25-32,37-38,47-52H,21-24,33-36H2,(H,61,62)(H,63,64)/t47-,48-,49?,50?,51?,52?/m0/s1. The Morgan fingerprint density at radius 2 is 0.727 bits per heavy atom. The molecular formula is C56H54N2O8. The Balaban J connectivity index is 1.09. The first-order chi connectivity index (χ1) is 32.2. The van der Waals surface area contributed by atoms with E-state index in [4.69, 9.17) is 9.47 Å². The molecule has 336 valence electrons. The molecule has 6 aromatic carbocycles. The second kappa shape index (κ2) is 19.9. The maximum absolute atomic E-state index is 15.7. The number of rotatable bonds is 20. The fourth-order valence-electron chi connectivity index (χ4n) is 9.59. The number of nitrogens with zero attached hydrogens (tertiary/aromatic N) is 2. The van der Waals surface area contributed by atoms with Gasteiger partial charge in [-0.05, 0) is 95.5 Å². The maximum Gasteiger partial charge on any atom is 0.308 e. The summed E-state index contributed by atoms with van der Waals surface area (Å²) >= 11 is 0. The quantitative estimate of drug-likeness (QED) is 0.0774. The number of carboxylic acids is 2. The van der Waals surface area contributed by atoms with Gasteiger partial charge in [-0.3, -0.25) is 19.2 Å². The number of amides is 2. The number of hydrogen-bond donors (Lipinski definition) is 2. The molecule has 0 aromatic heterocycles. The van der Waals surface area contributed by atoms with E-state index in [1.807, 2.05) is 170 Å². The third kappa shape index (κ3) is 10.3. The molecule has 0 bridgehead atoms. The van der Waals surface area contributed by atoms with E-state index in [2.05, 4.69) is 0 Å². The third-order valence-electron chi connectivity index (χ3n) is 13.4. The van der Waals surface area contributed by atoms with Crippen molar-refractivity contribution >= 4 is 23.8 Å². The van der Waals surface area contributed by atoms with Crippen molar-refractivity contribution < 1.29 is 38.9 Å². The number of carboxylic acid groups (broad SMARTS) is 2. The van der Waals surface area contributed by atoms with Crippen LogP contribution in [0.2, 0.25) is 0 Å². The Morgan fingerprint density at radius 1 is 0.424 bits per heavy atom. The highest BCUT2D eigenvalue weighted by Crippen LogP contribution is 2.52. The van der Waals surface area contributed by atoms with Gasteiger partial charge < -0.3 is 29.5 Å². The van der Waals surface area contributed by atoms with Gasteiger partial charge in [0.15, 0.2) is 0 Å². The number of aliphatic carboxylic acids is 2. The van der Waals surface area contributed by atoms with Crippen molar-refractivity contribution in [2.24, 2.45) is 35.5 Å². The monoisotopic (exact) mass is 882 g/mol. The molecule has 3 aliphatic rings. The summed E-state index contributed by atoms with van der Waals surface area (Å²) in [6, 6.07) is 52.2. The van der Waals surface area contributed by atoms with Gasteiger partial charge in [0.05, 0.1) is 35.8 Å². The number of para-hydroxylation sites is 2. The molecule has 10 nitrogen and oxygen atoms in total. The summed E-state index contributed by atoms with van der Waals surface area (Å²) in [7, 11) is 0. The molecule has 0 spiro atoms. The first-order valence-electron chi connectivity index (χ1n) is 23.0. The second-order valence-corrected chi connectivity index (χ2v) is 18.0. The van der Waals surface area contributed by atoms with Crippen molar-refractivity contribution in [3.63, 3.8) is 0 Å². The maximum atomic E-state index is 15.7. The second-order valence-electron chi connectivity index (χ2n) is 18.0. The van der Waals surface area contributed by atoms with Crippen LogP contribution in [0.3, 0.4) is 0 Å². The molecule has 2 amide bonds. The first kappa shape index (κ1) is 44.0. The fraction of sp³-hybridized carbons (Fsp3) is 0.286. The van der Waals surface area contributed by atoms with Gasteiger partial charge in [0.25, 0.3) is 0 Å². The van der Waals surface area contributed by atoms with E-state index in [0.29, 0.717) is 47.7 Å². The summed E-state index contributed by atoms with van der Waals surface area (Å²) in [5, 5.41) is 21.7. The summed E-state index contributed by atoms with van der Waals surface area (Å²) in [5.74, 6) is -6.74. The van der Waals surface area contributed by atoms with Crippen LogP contribution in [0.5, 0.6) is 23.0 Å². The molecule has 2 N–H and O–H groups in total. The predicted molar refractivity (Wildman–Crippen MR) is 249 cm³/mol. The Labute approximate surface area is 385 Å². The summed E-state index contributed by atoms with van der Waals surface area (Å²) in [6.07, 6.45) is 5.33. The van der Waals surface area contributed by atoms with Gasteiger partial charge in [0.2, 0.25) is 11.8 Å². The minimum atomic E-state index is -1.62. The molecule has 6 atom stereocenters. The summed E-state index contributed by atoms with van der Waals surface area (Å²) < 4.78 is 12.1. The SMILES string of the molecule is O=C(O)C1C(C(=O)O)C(C(=O)N(Cc2ccc(Oc3ccccc3)cc2)[C@@H](CC2CC2)c2ccccc2)C1C(=O)N(Cc1ccc(Oc2ccccc2)cc1)[C@@H](CC1CC1)c1ccccc1. The molecule has 0 radical (unpaired) electrons. The van der Waals surface area contributed by atoms with Crippen LogP contribution in [0.25, 0.3) is 0 Å². The van der Waals surface area contributed by atoms with E-state index in [-0.39, 0.29) is 13.1 Å². The Bertz CT molecular complexity index is 2400. The Morgan fingerprint density at radius 3 is 1.03 bits per heavy atom. The Kier molecular flexibility index (Phi) is 13.3. The van der Waals surface area contributed by atoms with Crippen molar-refractivity contribution in [2.75, 3.05) is 0 Å². The van der Waals surface area contributed by atoms with Crippen LogP contribution in [0.15, 0.2) is 170 Å². The average molecular weight is 883 g/mol. The van der Waals surface area contributed by atoms with Crippen LogP contribution in [-0.2, 0) is 32.3 Å². The van der Waals surface area contributed by atoms with Crippen molar-refractivity contribution in [2.45, 2.75) is 63.7 Å². The van der Waals surface area contributed by atoms with E-state index in [0.717, 1.165) is 47.9 Å². The number of hydrogen-bond acceptors (Lipinski definition) is 6. The molecule has 9 rings (SSSR count). The van der Waals surface area contributed by atoms with E-state index in [1.165, 1.54) is 0 Å². The molecule has 0 saturated heterocycles. The molecule has 4 unspecified atom stereocenters. The minimum absolute atomic E-state index is 0.105. The Hall–Kier alpha value is -7.20. The molecule has 3 fully saturated rings. The van der Waals surface area contributed by atoms with Gasteiger partial charge in [-0.25, -0.2) is 0 Å². The van der Waals surface area contributed by atoms with Crippen molar-refractivity contribution in [3.05, 3.63) is 192 Å². The fourth-order valence-corrected chi connectivity index (χ4v) is 9.59. The average Bonchev–Trinajstić information content (AvgIpc) is 4.28.